The lowest BCUT2D eigenvalue weighted by molar-refractivity contribution is -0.145. The zero-order valence-corrected chi connectivity index (χ0v) is 17.2. The second-order valence-electron chi connectivity index (χ2n) is 7.55. The van der Waals surface area contributed by atoms with Crippen LogP contribution in [-0.2, 0) is 16.0 Å². The third kappa shape index (κ3) is 3.26. The first-order valence-electron chi connectivity index (χ1n) is 9.29. The molecule has 0 unspecified atom stereocenters. The summed E-state index contributed by atoms with van der Waals surface area (Å²) >= 11 is 7.90. The molecule has 0 amide bonds. The second-order valence-corrected chi connectivity index (χ2v) is 9.16. The zero-order chi connectivity index (χ0) is 19.3. The van der Waals surface area contributed by atoms with Gasteiger partial charge in [0.25, 0.3) is 0 Å². The second kappa shape index (κ2) is 6.91. The Bertz CT molecular complexity index is 1020. The Morgan fingerprint density at radius 1 is 1.25 bits per heavy atom. The number of benzene rings is 1. The van der Waals surface area contributed by atoms with Crippen LogP contribution in [0.4, 0.5) is 5.69 Å². The Labute approximate surface area is 172 Å². The number of ether oxygens (including phenoxy) is 2. The number of nitrogens with zero attached hydrogens (tertiary/aromatic N) is 3. The highest BCUT2D eigenvalue weighted by Crippen LogP contribution is 2.48. The molecular formula is C20H21ClN4O2S. The first-order chi connectivity index (χ1) is 13.5. The van der Waals surface area contributed by atoms with Crippen LogP contribution in [0.25, 0.3) is 5.65 Å². The molecule has 8 heteroatoms. The molecule has 0 bridgehead atoms. The molecule has 0 aliphatic carbocycles. The maximum Gasteiger partial charge on any atom is 0.184 e. The van der Waals surface area contributed by atoms with E-state index in [2.05, 4.69) is 19.9 Å². The van der Waals surface area contributed by atoms with E-state index in [1.54, 1.807) is 0 Å². The topological polar surface area (TPSA) is 60.7 Å². The Kier molecular flexibility index (Phi) is 4.50. The first-order valence-corrected chi connectivity index (χ1v) is 10.7. The van der Waals surface area contributed by atoms with Crippen molar-refractivity contribution in [3.8, 4) is 0 Å². The van der Waals surface area contributed by atoms with Crippen LogP contribution in [0, 0.1) is 0 Å². The first kappa shape index (κ1) is 18.2. The maximum atomic E-state index is 6.15. The Hall–Kier alpha value is -1.80. The van der Waals surface area contributed by atoms with Gasteiger partial charge in [0.05, 0.1) is 17.0 Å². The molecule has 2 aliphatic rings. The van der Waals surface area contributed by atoms with Gasteiger partial charge < -0.3 is 14.8 Å². The van der Waals surface area contributed by atoms with Gasteiger partial charge in [-0.1, -0.05) is 23.7 Å². The predicted molar refractivity (Wildman–Crippen MR) is 111 cm³/mol. The highest BCUT2D eigenvalue weighted by molar-refractivity contribution is 7.99. The summed E-state index contributed by atoms with van der Waals surface area (Å²) in [5.74, 6) is 1.26. The molecule has 2 aromatic heterocycles. The fourth-order valence-corrected chi connectivity index (χ4v) is 5.47. The highest BCUT2D eigenvalue weighted by Gasteiger charge is 2.51. The number of aromatic nitrogens is 3. The molecule has 0 radical (unpaired) electrons. The minimum atomic E-state index is -0.543. The third-order valence-electron chi connectivity index (χ3n) is 5.05. The smallest absolute Gasteiger partial charge is 0.184 e. The number of nitrogens with one attached hydrogen (secondary N) is 1. The summed E-state index contributed by atoms with van der Waals surface area (Å²) in [5, 5.41) is 13.3. The summed E-state index contributed by atoms with van der Waals surface area (Å²) in [4.78, 5) is 0. The molecule has 0 spiro atoms. The van der Waals surface area contributed by atoms with Crippen molar-refractivity contribution in [3.05, 3.63) is 59.0 Å². The minimum Gasteiger partial charge on any atom is -0.378 e. The number of anilines is 1. The van der Waals surface area contributed by atoms with Crippen LogP contribution in [0.5, 0.6) is 0 Å². The quantitative estimate of drug-likeness (QED) is 0.684. The molecule has 3 atom stereocenters. The SMILES string of the molecule is CC1(C)O[C@@H]2[C@@H](CS[C@H]2c2nnc3c(NCc4cccc(Cl)c4)cccn23)O1. The molecule has 2 saturated heterocycles. The van der Waals surface area contributed by atoms with E-state index in [1.165, 1.54) is 0 Å². The van der Waals surface area contributed by atoms with E-state index < -0.39 is 5.79 Å². The number of hydrogen-bond donors (Lipinski definition) is 1. The standard InChI is InChI=1S/C20H21ClN4O2S/c1-20(2)26-15-11-28-17(16(15)27-20)19-24-23-18-14(7-4-8-25(18)19)22-10-12-5-3-6-13(21)9-12/h3-9,15-17,22H,10-11H2,1-2H3/t15-,16-,17-/m1/s1. The lowest BCUT2D eigenvalue weighted by atomic mass is 10.1. The van der Waals surface area contributed by atoms with Crippen LogP contribution in [0.15, 0.2) is 42.6 Å². The maximum absolute atomic E-state index is 6.15. The highest BCUT2D eigenvalue weighted by atomic mass is 35.5. The van der Waals surface area contributed by atoms with Gasteiger partial charge in [-0.15, -0.1) is 22.0 Å². The van der Waals surface area contributed by atoms with E-state index in [4.69, 9.17) is 21.1 Å². The largest absolute Gasteiger partial charge is 0.378 e. The van der Waals surface area contributed by atoms with Crippen molar-refractivity contribution in [2.24, 2.45) is 0 Å². The molecule has 2 aliphatic heterocycles. The summed E-state index contributed by atoms with van der Waals surface area (Å²) in [7, 11) is 0. The van der Waals surface area contributed by atoms with Crippen LogP contribution in [0.1, 0.15) is 30.5 Å². The van der Waals surface area contributed by atoms with Gasteiger partial charge in [-0.2, -0.15) is 0 Å². The number of halogens is 1. The average molecular weight is 417 g/mol. The third-order valence-corrected chi connectivity index (χ3v) is 6.64. The Morgan fingerprint density at radius 2 is 2.14 bits per heavy atom. The van der Waals surface area contributed by atoms with E-state index >= 15 is 0 Å². The molecule has 0 saturated carbocycles. The molecule has 5 rings (SSSR count). The molecule has 1 N–H and O–H groups in total. The van der Waals surface area contributed by atoms with Gasteiger partial charge in [0.2, 0.25) is 0 Å². The van der Waals surface area contributed by atoms with E-state index in [9.17, 15) is 0 Å². The molecule has 146 valence electrons. The predicted octanol–water partition coefficient (Wildman–Crippen LogP) is 4.30. The summed E-state index contributed by atoms with van der Waals surface area (Å²) in [5.41, 5.74) is 2.86. The van der Waals surface area contributed by atoms with Crippen molar-refractivity contribution in [2.45, 2.75) is 43.6 Å². The van der Waals surface area contributed by atoms with Crippen molar-refractivity contribution in [1.29, 1.82) is 0 Å². The van der Waals surface area contributed by atoms with E-state index in [0.29, 0.717) is 6.54 Å². The summed E-state index contributed by atoms with van der Waals surface area (Å²) < 4.78 is 14.2. The number of fused-ring (bicyclic) bond motifs is 2. The number of pyridine rings is 1. The Morgan fingerprint density at radius 3 is 3.00 bits per heavy atom. The van der Waals surface area contributed by atoms with Gasteiger partial charge in [-0.25, -0.2) is 0 Å². The fraction of sp³-hybridized carbons (Fsp3) is 0.400. The lowest BCUT2D eigenvalue weighted by Crippen LogP contribution is -2.24. The number of rotatable bonds is 4. The van der Waals surface area contributed by atoms with E-state index in [0.717, 1.165) is 33.5 Å². The van der Waals surface area contributed by atoms with E-state index in [1.807, 2.05) is 68.2 Å². The van der Waals surface area contributed by atoms with Gasteiger partial charge in [-0.3, -0.25) is 4.40 Å². The van der Waals surface area contributed by atoms with Gasteiger partial charge in [0, 0.05) is 23.5 Å². The normalized spacial score (nSPS) is 25.9. The van der Waals surface area contributed by atoms with Crippen molar-refractivity contribution in [1.82, 2.24) is 14.6 Å². The zero-order valence-electron chi connectivity index (χ0n) is 15.6. The fourth-order valence-electron chi connectivity index (χ4n) is 3.87. The minimum absolute atomic E-state index is 0.00419. The van der Waals surface area contributed by atoms with Crippen molar-refractivity contribution < 1.29 is 9.47 Å². The molecule has 2 fully saturated rings. The van der Waals surface area contributed by atoms with Gasteiger partial charge in [-0.05, 0) is 43.7 Å². The molecular weight excluding hydrogens is 396 g/mol. The molecule has 1 aromatic carbocycles. The molecule has 28 heavy (non-hydrogen) atoms. The van der Waals surface area contributed by atoms with Crippen LogP contribution in [0.3, 0.4) is 0 Å². The monoisotopic (exact) mass is 416 g/mol. The Balaban J connectivity index is 1.41. The van der Waals surface area contributed by atoms with E-state index in [-0.39, 0.29) is 17.5 Å². The van der Waals surface area contributed by atoms with Crippen LogP contribution in [0.2, 0.25) is 5.02 Å². The van der Waals surface area contributed by atoms with Gasteiger partial charge in [0.15, 0.2) is 17.3 Å². The number of hydrogen-bond acceptors (Lipinski definition) is 6. The molecule has 4 heterocycles. The van der Waals surface area contributed by atoms with Crippen molar-refractivity contribution in [3.63, 3.8) is 0 Å². The summed E-state index contributed by atoms with van der Waals surface area (Å²) in [6.45, 7) is 4.59. The van der Waals surface area contributed by atoms with Crippen LogP contribution in [-0.4, -0.2) is 38.3 Å². The number of thioether (sulfide) groups is 1. The van der Waals surface area contributed by atoms with Gasteiger partial charge >= 0.3 is 0 Å². The lowest BCUT2D eigenvalue weighted by Gasteiger charge is -2.20. The van der Waals surface area contributed by atoms with Crippen LogP contribution < -0.4 is 5.32 Å². The molecule has 6 nitrogen and oxygen atoms in total. The summed E-state index contributed by atoms with van der Waals surface area (Å²) in [6, 6.07) is 11.9. The van der Waals surface area contributed by atoms with Crippen molar-refractivity contribution in [2.75, 3.05) is 11.1 Å². The van der Waals surface area contributed by atoms with Gasteiger partial charge in [0.1, 0.15) is 6.10 Å². The van der Waals surface area contributed by atoms with Crippen LogP contribution >= 0.6 is 23.4 Å². The van der Waals surface area contributed by atoms with Crippen molar-refractivity contribution >= 4 is 34.7 Å². The molecule has 3 aromatic rings. The summed E-state index contributed by atoms with van der Waals surface area (Å²) in [6.07, 6.45) is 2.10. The average Bonchev–Trinajstić information content (AvgIpc) is 3.31.